The second kappa shape index (κ2) is 3.32. The van der Waals surface area contributed by atoms with Crippen LogP contribution in [-0.4, -0.2) is 22.9 Å². The van der Waals surface area contributed by atoms with Crippen molar-refractivity contribution in [2.24, 2.45) is 0 Å². The van der Waals surface area contributed by atoms with Crippen LogP contribution in [0.25, 0.3) is 0 Å². The second-order valence-corrected chi connectivity index (χ2v) is 1.71. The molecule has 4 nitrogen and oxygen atoms in total. The summed E-state index contributed by atoms with van der Waals surface area (Å²) in [5, 5.41) is 7.93. The molecular weight excluding hydrogens is 124 g/mol. The number of hydrogen-bond acceptors (Lipinski definition) is 4. The zero-order valence-corrected chi connectivity index (χ0v) is 5.25. The number of ketones is 2. The lowest BCUT2D eigenvalue weighted by molar-refractivity contribution is -0.263. The lowest BCUT2D eigenvalue weighted by Crippen LogP contribution is -2.27. The minimum Gasteiger partial charge on any atom is -0.296 e. The van der Waals surface area contributed by atoms with Gasteiger partial charge < -0.3 is 0 Å². The molecule has 0 bridgehead atoms. The molecule has 0 saturated heterocycles. The Kier molecular flexibility index (Phi) is 3.05. The molecule has 0 aromatic carbocycles. The summed E-state index contributed by atoms with van der Waals surface area (Å²) in [6.45, 7) is 2.34. The van der Waals surface area contributed by atoms with Gasteiger partial charge in [0.2, 0.25) is 6.10 Å². The molecular formula is C5H8O4. The summed E-state index contributed by atoms with van der Waals surface area (Å²) >= 11 is 0. The minimum atomic E-state index is -1.30. The van der Waals surface area contributed by atoms with Crippen LogP contribution in [-0.2, 0) is 14.5 Å². The molecule has 0 rings (SSSR count). The largest absolute Gasteiger partial charge is 0.296 e. The molecule has 0 saturated carbocycles. The molecule has 0 spiro atoms. The van der Waals surface area contributed by atoms with Gasteiger partial charge in [0.05, 0.1) is 0 Å². The van der Waals surface area contributed by atoms with E-state index in [9.17, 15) is 9.59 Å². The maximum Gasteiger partial charge on any atom is 0.208 e. The third kappa shape index (κ3) is 2.34. The van der Waals surface area contributed by atoms with Crippen molar-refractivity contribution in [3.63, 3.8) is 0 Å². The van der Waals surface area contributed by atoms with Gasteiger partial charge in [-0.3, -0.25) is 14.8 Å². The first-order valence-electron chi connectivity index (χ1n) is 2.40. The summed E-state index contributed by atoms with van der Waals surface area (Å²) in [7, 11) is 0. The van der Waals surface area contributed by atoms with Crippen LogP contribution < -0.4 is 0 Å². The van der Waals surface area contributed by atoms with Gasteiger partial charge in [0.25, 0.3) is 0 Å². The zero-order chi connectivity index (χ0) is 7.44. The van der Waals surface area contributed by atoms with E-state index in [4.69, 9.17) is 5.26 Å². The highest BCUT2D eigenvalue weighted by molar-refractivity contribution is 6.03. The lowest BCUT2D eigenvalue weighted by atomic mass is 10.2. The first kappa shape index (κ1) is 8.26. The van der Waals surface area contributed by atoms with Gasteiger partial charge in [0, 0.05) is 0 Å². The fourth-order valence-corrected chi connectivity index (χ4v) is 0.435. The summed E-state index contributed by atoms with van der Waals surface area (Å²) in [4.78, 5) is 24.2. The van der Waals surface area contributed by atoms with Crippen LogP contribution >= 0.6 is 0 Å². The average molecular weight is 132 g/mol. The van der Waals surface area contributed by atoms with Crippen molar-refractivity contribution in [2.45, 2.75) is 20.0 Å². The second-order valence-electron chi connectivity index (χ2n) is 1.71. The Labute approximate surface area is 52.4 Å². The van der Waals surface area contributed by atoms with E-state index in [-0.39, 0.29) is 0 Å². The average Bonchev–Trinajstić information content (AvgIpc) is 1.64. The Balaban J connectivity index is 3.99. The fourth-order valence-electron chi connectivity index (χ4n) is 0.435. The Morgan fingerprint density at radius 2 is 1.67 bits per heavy atom. The van der Waals surface area contributed by atoms with Gasteiger partial charge in [-0.2, -0.15) is 0 Å². The SMILES string of the molecule is CC(=O)C(OO)C(C)=O. The highest BCUT2D eigenvalue weighted by Gasteiger charge is 2.19. The van der Waals surface area contributed by atoms with Crippen LogP contribution in [0.3, 0.4) is 0 Å². The molecule has 52 valence electrons. The predicted molar refractivity (Wildman–Crippen MR) is 28.9 cm³/mol. The van der Waals surface area contributed by atoms with E-state index in [0.717, 1.165) is 0 Å². The molecule has 1 N–H and O–H groups in total. The molecule has 0 aliphatic heterocycles. The number of rotatable bonds is 3. The monoisotopic (exact) mass is 132 g/mol. The molecule has 0 amide bonds. The Hall–Kier alpha value is -0.740. The Bertz CT molecular complexity index is 115. The normalized spacial score (nSPS) is 9.78. The molecule has 0 radical (unpaired) electrons. The van der Waals surface area contributed by atoms with Gasteiger partial charge in [-0.15, -0.1) is 0 Å². The maximum absolute atomic E-state index is 10.3. The van der Waals surface area contributed by atoms with E-state index in [1.807, 2.05) is 0 Å². The summed E-state index contributed by atoms with van der Waals surface area (Å²) < 4.78 is 0. The third-order valence-corrected chi connectivity index (χ3v) is 0.844. The number of Topliss-reactive ketones (excluding diaryl/α,β-unsaturated/α-hetero) is 2. The van der Waals surface area contributed by atoms with E-state index < -0.39 is 17.7 Å². The van der Waals surface area contributed by atoms with Crippen molar-refractivity contribution in [1.82, 2.24) is 0 Å². The van der Waals surface area contributed by atoms with E-state index in [1.165, 1.54) is 13.8 Å². The number of carbonyl (C=O) groups excluding carboxylic acids is 2. The molecule has 9 heavy (non-hydrogen) atoms. The first-order chi connectivity index (χ1) is 4.09. The summed E-state index contributed by atoms with van der Waals surface area (Å²) in [6.07, 6.45) is -1.30. The van der Waals surface area contributed by atoms with Crippen LogP contribution in [0.1, 0.15) is 13.8 Å². The molecule has 0 heterocycles. The highest BCUT2D eigenvalue weighted by Crippen LogP contribution is 1.91. The van der Waals surface area contributed by atoms with Gasteiger partial charge in [0.1, 0.15) is 0 Å². The molecule has 0 fully saturated rings. The fraction of sp³-hybridized carbons (Fsp3) is 0.600. The van der Waals surface area contributed by atoms with Crippen molar-refractivity contribution >= 4 is 11.6 Å². The van der Waals surface area contributed by atoms with Gasteiger partial charge in [0.15, 0.2) is 11.6 Å². The zero-order valence-electron chi connectivity index (χ0n) is 5.25. The van der Waals surface area contributed by atoms with Gasteiger partial charge in [-0.05, 0) is 13.8 Å². The quantitative estimate of drug-likeness (QED) is 0.334. The number of hydrogen-bond donors (Lipinski definition) is 1. The lowest BCUT2D eigenvalue weighted by Gasteiger charge is -2.02. The standard InChI is InChI=1S/C5H8O4/c1-3(6)5(9-8)4(2)7/h5,8H,1-2H3. The van der Waals surface area contributed by atoms with E-state index >= 15 is 0 Å². The highest BCUT2D eigenvalue weighted by atomic mass is 17.1. The van der Waals surface area contributed by atoms with Crippen molar-refractivity contribution in [1.29, 1.82) is 0 Å². The van der Waals surface area contributed by atoms with Gasteiger partial charge in [-0.25, -0.2) is 4.89 Å². The molecule has 0 aromatic heterocycles. The molecule has 0 aromatic rings. The Morgan fingerprint density at radius 3 is 1.67 bits per heavy atom. The minimum absolute atomic E-state index is 0.495. The van der Waals surface area contributed by atoms with Crippen LogP contribution in [0.15, 0.2) is 0 Å². The summed E-state index contributed by atoms with van der Waals surface area (Å²) in [5.41, 5.74) is 0. The first-order valence-corrected chi connectivity index (χ1v) is 2.40. The van der Waals surface area contributed by atoms with Gasteiger partial charge >= 0.3 is 0 Å². The number of carbonyl (C=O) groups is 2. The molecule has 0 aliphatic carbocycles. The molecule has 0 atom stereocenters. The molecule has 0 unspecified atom stereocenters. The smallest absolute Gasteiger partial charge is 0.208 e. The van der Waals surface area contributed by atoms with Crippen LogP contribution in [0.5, 0.6) is 0 Å². The van der Waals surface area contributed by atoms with Crippen LogP contribution in [0.2, 0.25) is 0 Å². The van der Waals surface area contributed by atoms with Crippen LogP contribution in [0.4, 0.5) is 0 Å². The van der Waals surface area contributed by atoms with Crippen molar-refractivity contribution in [3.05, 3.63) is 0 Å². The van der Waals surface area contributed by atoms with Crippen LogP contribution in [0, 0.1) is 0 Å². The van der Waals surface area contributed by atoms with E-state index in [2.05, 4.69) is 4.89 Å². The Morgan fingerprint density at radius 1 is 1.33 bits per heavy atom. The molecule has 0 aliphatic rings. The molecule has 4 heteroatoms. The third-order valence-electron chi connectivity index (χ3n) is 0.844. The van der Waals surface area contributed by atoms with E-state index in [1.54, 1.807) is 0 Å². The van der Waals surface area contributed by atoms with Crippen molar-refractivity contribution in [2.75, 3.05) is 0 Å². The van der Waals surface area contributed by atoms with E-state index in [0.29, 0.717) is 0 Å². The maximum atomic E-state index is 10.3. The summed E-state index contributed by atoms with van der Waals surface area (Å²) in [6, 6.07) is 0. The van der Waals surface area contributed by atoms with Crippen molar-refractivity contribution in [3.8, 4) is 0 Å². The topological polar surface area (TPSA) is 63.6 Å². The van der Waals surface area contributed by atoms with Gasteiger partial charge in [-0.1, -0.05) is 0 Å². The summed E-state index contributed by atoms with van der Waals surface area (Å²) in [5.74, 6) is -0.991. The van der Waals surface area contributed by atoms with Crippen molar-refractivity contribution < 1.29 is 19.7 Å². The predicted octanol–water partition coefficient (Wildman–Crippen LogP) is 0.0226.